The van der Waals surface area contributed by atoms with Crippen molar-refractivity contribution in [1.29, 1.82) is 0 Å². The van der Waals surface area contributed by atoms with Gasteiger partial charge in [-0.2, -0.15) is 5.10 Å². The van der Waals surface area contributed by atoms with Crippen LogP contribution in [0.25, 0.3) is 5.69 Å². The lowest BCUT2D eigenvalue weighted by Gasteiger charge is -2.31. The summed E-state index contributed by atoms with van der Waals surface area (Å²) in [7, 11) is 0. The lowest BCUT2D eigenvalue weighted by Crippen LogP contribution is -2.46. The number of amides is 4. The highest BCUT2D eigenvalue weighted by Crippen LogP contribution is 2.42. The number of thiophene rings is 1. The van der Waals surface area contributed by atoms with Crippen LogP contribution in [-0.2, 0) is 21.5 Å². The van der Waals surface area contributed by atoms with Crippen molar-refractivity contribution >= 4 is 34.9 Å². The number of aromatic nitrogens is 2. The van der Waals surface area contributed by atoms with Gasteiger partial charge in [0.25, 0.3) is 5.91 Å². The predicted molar refractivity (Wildman–Crippen MR) is 126 cm³/mol. The minimum absolute atomic E-state index is 0.347. The number of urea groups is 1. The van der Waals surface area contributed by atoms with Crippen LogP contribution in [0.2, 0.25) is 0 Å². The molecule has 9 heteroatoms. The van der Waals surface area contributed by atoms with Crippen LogP contribution in [0.1, 0.15) is 40.2 Å². The minimum Gasteiger partial charge on any atom is -0.321 e. The van der Waals surface area contributed by atoms with E-state index in [-0.39, 0.29) is 12.5 Å². The van der Waals surface area contributed by atoms with Gasteiger partial charge >= 0.3 is 6.03 Å². The number of carbonyl (C=O) groups excluding carboxylic acids is 3. The summed E-state index contributed by atoms with van der Waals surface area (Å²) in [4.78, 5) is 41.1. The number of rotatable bonds is 4. The van der Waals surface area contributed by atoms with E-state index < -0.39 is 17.5 Å². The van der Waals surface area contributed by atoms with Crippen LogP contribution >= 0.6 is 11.3 Å². The Balaban J connectivity index is 1.35. The fourth-order valence-electron chi connectivity index (χ4n) is 4.77. The molecule has 0 saturated carbocycles. The number of benzene rings is 1. The number of nitrogens with one attached hydrogen (secondary N) is 2. The summed E-state index contributed by atoms with van der Waals surface area (Å²) in [6.45, 7) is 5.36. The average Bonchev–Trinajstić information content (AvgIpc) is 3.44. The number of fused-ring (bicyclic) bond motifs is 2. The Morgan fingerprint density at radius 2 is 1.94 bits per heavy atom. The van der Waals surface area contributed by atoms with Gasteiger partial charge < -0.3 is 10.6 Å². The molecule has 1 saturated heterocycles. The van der Waals surface area contributed by atoms with Gasteiger partial charge in [0, 0.05) is 10.4 Å². The van der Waals surface area contributed by atoms with Crippen molar-refractivity contribution in [3.63, 3.8) is 0 Å². The van der Waals surface area contributed by atoms with Crippen molar-refractivity contribution in [2.24, 2.45) is 0 Å². The Kier molecular flexibility index (Phi) is 5.08. The molecule has 2 N–H and O–H groups in total. The molecule has 2 aromatic heterocycles. The first-order valence-corrected chi connectivity index (χ1v) is 11.8. The van der Waals surface area contributed by atoms with Crippen LogP contribution in [0.3, 0.4) is 0 Å². The van der Waals surface area contributed by atoms with Gasteiger partial charge in [-0.3, -0.25) is 14.5 Å². The molecule has 3 aromatic rings. The molecule has 33 heavy (non-hydrogen) atoms. The molecule has 3 heterocycles. The van der Waals surface area contributed by atoms with Gasteiger partial charge in [-0.25, -0.2) is 9.48 Å². The molecule has 2 aliphatic rings. The van der Waals surface area contributed by atoms with E-state index in [0.717, 1.165) is 45.1 Å². The zero-order valence-corrected chi connectivity index (χ0v) is 19.6. The van der Waals surface area contributed by atoms with Crippen LogP contribution in [0.5, 0.6) is 0 Å². The second-order valence-corrected chi connectivity index (χ2v) is 9.68. The maximum absolute atomic E-state index is 13.3. The second-order valence-electron chi connectivity index (χ2n) is 8.68. The highest BCUT2D eigenvalue weighted by atomic mass is 32.1. The lowest BCUT2D eigenvalue weighted by atomic mass is 9.80. The number of anilines is 1. The third kappa shape index (κ3) is 3.43. The molecule has 0 radical (unpaired) electrons. The summed E-state index contributed by atoms with van der Waals surface area (Å²) in [6, 6.07) is 9.32. The van der Waals surface area contributed by atoms with Gasteiger partial charge in [0.15, 0.2) is 0 Å². The Morgan fingerprint density at radius 3 is 2.70 bits per heavy atom. The van der Waals surface area contributed by atoms with Crippen LogP contribution < -0.4 is 10.6 Å². The summed E-state index contributed by atoms with van der Waals surface area (Å²) in [6.07, 6.45) is 2.26. The zero-order chi connectivity index (χ0) is 23.3. The molecule has 5 rings (SSSR count). The summed E-state index contributed by atoms with van der Waals surface area (Å²) >= 11 is 1.60. The Morgan fingerprint density at radius 1 is 1.18 bits per heavy atom. The van der Waals surface area contributed by atoms with E-state index in [2.05, 4.69) is 15.7 Å². The first kappa shape index (κ1) is 21.4. The number of imide groups is 1. The smallest absolute Gasteiger partial charge is 0.321 e. The van der Waals surface area contributed by atoms with Crippen molar-refractivity contribution in [2.75, 3.05) is 11.9 Å². The fraction of sp³-hybridized carbons (Fsp3) is 0.333. The van der Waals surface area contributed by atoms with Crippen LogP contribution in [0.4, 0.5) is 10.5 Å². The van der Waals surface area contributed by atoms with Gasteiger partial charge in [-0.1, -0.05) is 17.7 Å². The van der Waals surface area contributed by atoms with E-state index in [9.17, 15) is 14.4 Å². The molecular formula is C24H25N5O3S. The molecule has 4 amide bonds. The molecule has 1 atom stereocenters. The Labute approximate surface area is 195 Å². The van der Waals surface area contributed by atoms with Gasteiger partial charge in [-0.05, 0) is 63.6 Å². The van der Waals surface area contributed by atoms with Gasteiger partial charge in [0.1, 0.15) is 12.1 Å². The van der Waals surface area contributed by atoms with E-state index in [1.54, 1.807) is 16.0 Å². The maximum Gasteiger partial charge on any atom is 0.325 e. The van der Waals surface area contributed by atoms with Crippen LogP contribution in [0, 0.1) is 20.8 Å². The number of nitrogens with zero attached hydrogens (tertiary/aromatic N) is 3. The average molecular weight is 464 g/mol. The van der Waals surface area contributed by atoms with E-state index in [1.807, 2.05) is 56.5 Å². The number of hydrogen-bond acceptors (Lipinski definition) is 5. The van der Waals surface area contributed by atoms with Crippen molar-refractivity contribution in [2.45, 2.75) is 45.6 Å². The standard InChI is InChI=1S/C24H25N5O3S/c1-14-6-8-17(9-7-14)29-16(3)21(15(2)27-29)25-20(30)13-28-22(31)24(26-23(28)32)11-4-5-19-18(24)10-12-33-19/h6-10,12H,4-5,11,13H2,1-3H3,(H,25,30)(H,26,32)/t24-/m1/s1. The molecule has 1 aliphatic heterocycles. The van der Waals surface area contributed by atoms with Crippen LogP contribution in [-0.4, -0.2) is 39.1 Å². The monoisotopic (exact) mass is 463 g/mol. The molecule has 0 bridgehead atoms. The molecule has 8 nitrogen and oxygen atoms in total. The van der Waals surface area contributed by atoms with Crippen LogP contribution in [0.15, 0.2) is 35.7 Å². The summed E-state index contributed by atoms with van der Waals surface area (Å²) in [5.74, 6) is -0.794. The third-order valence-corrected chi connectivity index (χ3v) is 7.45. The molecular weight excluding hydrogens is 438 g/mol. The minimum atomic E-state index is -1.05. The first-order chi connectivity index (χ1) is 15.8. The van der Waals surface area contributed by atoms with Crippen molar-refractivity contribution in [3.05, 3.63) is 63.1 Å². The first-order valence-electron chi connectivity index (χ1n) is 10.9. The second kappa shape index (κ2) is 7.84. The molecule has 1 spiro atoms. The predicted octanol–water partition coefficient (Wildman–Crippen LogP) is 3.58. The zero-order valence-electron chi connectivity index (χ0n) is 18.8. The summed E-state index contributed by atoms with van der Waals surface area (Å²) < 4.78 is 1.77. The SMILES string of the molecule is Cc1ccc(-n2nc(C)c(NC(=O)CN3C(=O)N[C@@]4(CCCc5sccc54)C3=O)c2C)cc1. The van der Waals surface area contributed by atoms with E-state index >= 15 is 0 Å². The van der Waals surface area contributed by atoms with Gasteiger partial charge in [0.2, 0.25) is 5.91 Å². The van der Waals surface area contributed by atoms with E-state index in [1.165, 1.54) is 0 Å². The van der Waals surface area contributed by atoms with Crippen molar-refractivity contribution in [1.82, 2.24) is 20.0 Å². The quantitative estimate of drug-likeness (QED) is 0.578. The summed E-state index contributed by atoms with van der Waals surface area (Å²) in [5.41, 5.74) is 3.87. The van der Waals surface area contributed by atoms with Crippen molar-refractivity contribution < 1.29 is 14.4 Å². The normalized spacial score (nSPS) is 19.7. The third-order valence-electron chi connectivity index (χ3n) is 6.47. The Hall–Kier alpha value is -3.46. The number of carbonyl (C=O) groups is 3. The molecule has 1 aromatic carbocycles. The molecule has 1 aliphatic carbocycles. The van der Waals surface area contributed by atoms with Gasteiger partial charge in [-0.15, -0.1) is 11.3 Å². The van der Waals surface area contributed by atoms with E-state index in [0.29, 0.717) is 17.8 Å². The number of hydrogen-bond donors (Lipinski definition) is 2. The fourth-order valence-corrected chi connectivity index (χ4v) is 5.77. The topological polar surface area (TPSA) is 96.3 Å². The molecule has 0 unspecified atom stereocenters. The summed E-state index contributed by atoms with van der Waals surface area (Å²) in [5, 5.41) is 12.2. The maximum atomic E-state index is 13.3. The van der Waals surface area contributed by atoms with Crippen molar-refractivity contribution in [3.8, 4) is 5.69 Å². The molecule has 170 valence electrons. The highest BCUT2D eigenvalue weighted by molar-refractivity contribution is 7.10. The van der Waals surface area contributed by atoms with Gasteiger partial charge in [0.05, 0.1) is 22.8 Å². The highest BCUT2D eigenvalue weighted by Gasteiger charge is 2.54. The molecule has 1 fully saturated rings. The Bertz CT molecular complexity index is 1280. The van der Waals surface area contributed by atoms with E-state index in [4.69, 9.17) is 0 Å². The lowest BCUT2D eigenvalue weighted by molar-refractivity contribution is -0.134. The number of aryl methyl sites for hydroxylation is 3. The largest absolute Gasteiger partial charge is 0.325 e.